The van der Waals surface area contributed by atoms with Crippen LogP contribution in [0, 0.1) is 0 Å². The van der Waals surface area contributed by atoms with Gasteiger partial charge in [-0.3, -0.25) is 0 Å². The summed E-state index contributed by atoms with van der Waals surface area (Å²) in [5.74, 6) is 0.180. The molecule has 0 unspecified atom stereocenters. The fourth-order valence-electron chi connectivity index (χ4n) is 1.75. The quantitative estimate of drug-likeness (QED) is 0.732. The Morgan fingerprint density at radius 1 is 1.10 bits per heavy atom. The van der Waals surface area contributed by atoms with E-state index >= 15 is 0 Å². The normalized spacial score (nSPS) is 11.1. The maximum Gasteiger partial charge on any atom is 0.231 e. The van der Waals surface area contributed by atoms with Crippen LogP contribution >= 0.6 is 22.9 Å². The zero-order chi connectivity index (χ0) is 14.7. The molecule has 0 radical (unpaired) electrons. The Hall–Kier alpha value is -2.24. The number of aromatic hydroxyl groups is 1. The van der Waals surface area contributed by atoms with Crippen molar-refractivity contribution in [2.75, 3.05) is 0 Å². The van der Waals surface area contributed by atoms with Gasteiger partial charge in [0.15, 0.2) is 5.01 Å². The molecular formula is C15H10ClN3OS. The van der Waals surface area contributed by atoms with E-state index in [2.05, 4.69) is 15.2 Å². The second-order valence-electron chi connectivity index (χ2n) is 4.22. The SMILES string of the molecule is Oc1ccccc1-c1nnc(/N=C/c2cccc(Cl)c2)s1. The lowest BCUT2D eigenvalue weighted by Gasteiger charge is -1.97. The summed E-state index contributed by atoms with van der Waals surface area (Å²) in [5.41, 5.74) is 1.54. The van der Waals surface area contributed by atoms with Gasteiger partial charge >= 0.3 is 0 Å². The van der Waals surface area contributed by atoms with Crippen LogP contribution in [0.2, 0.25) is 5.02 Å². The first-order valence-corrected chi connectivity index (χ1v) is 7.33. The molecule has 0 aliphatic carbocycles. The van der Waals surface area contributed by atoms with Gasteiger partial charge < -0.3 is 5.11 Å². The molecular weight excluding hydrogens is 306 g/mol. The Kier molecular flexibility index (Phi) is 3.94. The smallest absolute Gasteiger partial charge is 0.231 e. The fraction of sp³-hybridized carbons (Fsp3) is 0. The van der Waals surface area contributed by atoms with Gasteiger partial charge in [-0.15, -0.1) is 10.2 Å². The molecule has 104 valence electrons. The number of phenolic OH excluding ortho intramolecular Hbond substituents is 1. The molecule has 1 N–H and O–H groups in total. The predicted octanol–water partition coefficient (Wildman–Crippen LogP) is 4.31. The van der Waals surface area contributed by atoms with Crippen molar-refractivity contribution in [3.05, 3.63) is 59.1 Å². The number of aromatic nitrogens is 2. The molecule has 0 spiro atoms. The third-order valence-electron chi connectivity index (χ3n) is 2.72. The van der Waals surface area contributed by atoms with Crippen molar-refractivity contribution < 1.29 is 5.11 Å². The average Bonchev–Trinajstić information content (AvgIpc) is 2.94. The summed E-state index contributed by atoms with van der Waals surface area (Å²) in [4.78, 5) is 4.27. The van der Waals surface area contributed by atoms with Crippen LogP contribution in [0.1, 0.15) is 5.56 Å². The molecule has 3 aromatic rings. The molecule has 0 saturated heterocycles. The average molecular weight is 316 g/mol. The van der Waals surface area contributed by atoms with Gasteiger partial charge in [0, 0.05) is 11.2 Å². The highest BCUT2D eigenvalue weighted by atomic mass is 35.5. The molecule has 0 bridgehead atoms. The monoisotopic (exact) mass is 315 g/mol. The summed E-state index contributed by atoms with van der Waals surface area (Å²) in [6.45, 7) is 0. The number of aliphatic imine (C=N–C) groups is 1. The number of para-hydroxylation sites is 1. The molecule has 0 amide bonds. The first-order valence-electron chi connectivity index (χ1n) is 6.14. The lowest BCUT2D eigenvalue weighted by atomic mass is 10.2. The number of benzene rings is 2. The van der Waals surface area contributed by atoms with E-state index in [0.717, 1.165) is 5.56 Å². The standard InChI is InChI=1S/C15H10ClN3OS/c16-11-5-3-4-10(8-11)9-17-15-19-18-14(21-15)12-6-1-2-7-13(12)20/h1-9,20H/b17-9+. The van der Waals surface area contributed by atoms with Crippen molar-refractivity contribution in [1.29, 1.82) is 0 Å². The summed E-state index contributed by atoms with van der Waals surface area (Å²) >= 11 is 7.22. The molecule has 0 aliphatic heterocycles. The molecule has 6 heteroatoms. The Bertz CT molecular complexity index is 801. The van der Waals surface area contributed by atoms with E-state index in [1.54, 1.807) is 30.5 Å². The van der Waals surface area contributed by atoms with E-state index in [1.807, 2.05) is 24.3 Å². The van der Waals surface area contributed by atoms with Crippen molar-refractivity contribution in [2.24, 2.45) is 4.99 Å². The van der Waals surface area contributed by atoms with Gasteiger partial charge in [0.2, 0.25) is 5.13 Å². The summed E-state index contributed by atoms with van der Waals surface area (Å²) in [6, 6.07) is 14.4. The van der Waals surface area contributed by atoms with Gasteiger partial charge in [0.1, 0.15) is 5.75 Å². The number of hydrogen-bond acceptors (Lipinski definition) is 5. The van der Waals surface area contributed by atoms with Crippen LogP contribution in [0.3, 0.4) is 0 Å². The molecule has 0 fully saturated rings. The Balaban J connectivity index is 1.84. The highest BCUT2D eigenvalue weighted by molar-refractivity contribution is 7.18. The van der Waals surface area contributed by atoms with Crippen LogP contribution in [-0.4, -0.2) is 21.5 Å². The van der Waals surface area contributed by atoms with Gasteiger partial charge in [-0.1, -0.05) is 47.2 Å². The minimum Gasteiger partial charge on any atom is -0.507 e. The number of phenols is 1. The molecule has 0 saturated carbocycles. The zero-order valence-corrected chi connectivity index (χ0v) is 12.3. The van der Waals surface area contributed by atoms with Crippen LogP contribution in [0.5, 0.6) is 5.75 Å². The van der Waals surface area contributed by atoms with Crippen molar-refractivity contribution in [2.45, 2.75) is 0 Å². The molecule has 1 heterocycles. The summed E-state index contributed by atoms with van der Waals surface area (Å²) in [5, 5.41) is 19.7. The first kappa shape index (κ1) is 13.7. The van der Waals surface area contributed by atoms with Crippen molar-refractivity contribution in [1.82, 2.24) is 10.2 Å². The zero-order valence-electron chi connectivity index (χ0n) is 10.8. The first-order chi connectivity index (χ1) is 10.2. The van der Waals surface area contributed by atoms with Crippen LogP contribution in [-0.2, 0) is 0 Å². The van der Waals surface area contributed by atoms with E-state index in [4.69, 9.17) is 11.6 Å². The lowest BCUT2D eigenvalue weighted by molar-refractivity contribution is 0.477. The number of hydrogen-bond donors (Lipinski definition) is 1. The molecule has 3 rings (SSSR count). The predicted molar refractivity (Wildman–Crippen MR) is 85.7 cm³/mol. The minimum atomic E-state index is 0.180. The largest absolute Gasteiger partial charge is 0.507 e. The summed E-state index contributed by atoms with van der Waals surface area (Å²) in [7, 11) is 0. The van der Waals surface area contributed by atoms with Crippen LogP contribution in [0.4, 0.5) is 5.13 Å². The van der Waals surface area contributed by atoms with Gasteiger partial charge in [-0.05, 0) is 29.8 Å². The Morgan fingerprint density at radius 3 is 2.76 bits per heavy atom. The van der Waals surface area contributed by atoms with Gasteiger partial charge in [-0.2, -0.15) is 0 Å². The fourth-order valence-corrected chi connectivity index (χ4v) is 2.67. The van der Waals surface area contributed by atoms with E-state index in [9.17, 15) is 5.11 Å². The highest BCUT2D eigenvalue weighted by Gasteiger charge is 2.09. The summed E-state index contributed by atoms with van der Waals surface area (Å²) < 4.78 is 0. The molecule has 2 aromatic carbocycles. The topological polar surface area (TPSA) is 58.4 Å². The number of nitrogens with zero attached hydrogens (tertiary/aromatic N) is 3. The van der Waals surface area contributed by atoms with E-state index in [1.165, 1.54) is 11.3 Å². The maximum absolute atomic E-state index is 9.80. The molecule has 21 heavy (non-hydrogen) atoms. The lowest BCUT2D eigenvalue weighted by Crippen LogP contribution is -1.79. The van der Waals surface area contributed by atoms with Gasteiger partial charge in [0.25, 0.3) is 0 Å². The highest BCUT2D eigenvalue weighted by Crippen LogP contribution is 2.33. The second kappa shape index (κ2) is 6.03. The van der Waals surface area contributed by atoms with Crippen molar-refractivity contribution >= 4 is 34.3 Å². The van der Waals surface area contributed by atoms with Gasteiger partial charge in [-0.25, -0.2) is 4.99 Å². The Morgan fingerprint density at radius 2 is 1.95 bits per heavy atom. The van der Waals surface area contributed by atoms with Crippen LogP contribution in [0.15, 0.2) is 53.5 Å². The summed E-state index contributed by atoms with van der Waals surface area (Å²) in [6.07, 6.45) is 1.68. The number of rotatable bonds is 3. The second-order valence-corrected chi connectivity index (χ2v) is 5.61. The van der Waals surface area contributed by atoms with E-state index in [0.29, 0.717) is 20.7 Å². The van der Waals surface area contributed by atoms with E-state index < -0.39 is 0 Å². The van der Waals surface area contributed by atoms with Crippen molar-refractivity contribution in [3.8, 4) is 16.3 Å². The third-order valence-corrected chi connectivity index (χ3v) is 3.82. The van der Waals surface area contributed by atoms with Gasteiger partial charge in [0.05, 0.1) is 5.56 Å². The Labute approximate surface area is 130 Å². The molecule has 1 aromatic heterocycles. The minimum absolute atomic E-state index is 0.180. The van der Waals surface area contributed by atoms with Crippen LogP contribution in [0.25, 0.3) is 10.6 Å². The maximum atomic E-state index is 9.80. The molecule has 4 nitrogen and oxygen atoms in total. The van der Waals surface area contributed by atoms with Crippen LogP contribution < -0.4 is 0 Å². The number of halogens is 1. The molecule has 0 atom stereocenters. The third kappa shape index (κ3) is 3.26. The molecule has 0 aliphatic rings. The van der Waals surface area contributed by atoms with E-state index in [-0.39, 0.29) is 5.75 Å². The van der Waals surface area contributed by atoms with Crippen molar-refractivity contribution in [3.63, 3.8) is 0 Å².